The number of nitrogens with zero attached hydrogens (tertiary/aromatic N) is 1. The summed E-state index contributed by atoms with van der Waals surface area (Å²) in [6, 6.07) is 10.0. The van der Waals surface area contributed by atoms with Gasteiger partial charge in [0.05, 0.1) is 12.2 Å². The quantitative estimate of drug-likeness (QED) is 0.469. The minimum Gasteiger partial charge on any atom is -0.482 e. The van der Waals surface area contributed by atoms with Gasteiger partial charge in [-0.05, 0) is 47.7 Å². The molecular formula is C17H13F3N2O4S. The van der Waals surface area contributed by atoms with Gasteiger partial charge in [-0.15, -0.1) is 0 Å². The summed E-state index contributed by atoms with van der Waals surface area (Å²) in [6.07, 6.45) is 0. The van der Waals surface area contributed by atoms with E-state index in [1.54, 1.807) is 6.07 Å². The van der Waals surface area contributed by atoms with Gasteiger partial charge < -0.3 is 9.64 Å². The Labute approximate surface area is 155 Å². The van der Waals surface area contributed by atoms with Gasteiger partial charge in [0.1, 0.15) is 5.75 Å². The van der Waals surface area contributed by atoms with Crippen LogP contribution in [0.1, 0.15) is 15.9 Å². The second-order valence-corrected chi connectivity index (χ2v) is 6.73. The van der Waals surface area contributed by atoms with Crippen molar-refractivity contribution in [2.24, 2.45) is 0 Å². The Morgan fingerprint density at radius 3 is 2.74 bits per heavy atom. The van der Waals surface area contributed by atoms with Crippen molar-refractivity contribution in [1.29, 1.82) is 0 Å². The number of alkyl halides is 3. The molecular weight excluding hydrogens is 385 g/mol. The molecule has 1 aliphatic heterocycles. The zero-order valence-corrected chi connectivity index (χ0v) is 14.4. The third-order valence-corrected chi connectivity index (χ3v) is 4.46. The summed E-state index contributed by atoms with van der Waals surface area (Å²) in [6.45, 7) is -0.221. The molecule has 0 spiro atoms. The van der Waals surface area contributed by atoms with Crippen LogP contribution < -0.4 is 15.1 Å². The van der Waals surface area contributed by atoms with Crippen LogP contribution in [0, 0.1) is 0 Å². The van der Waals surface area contributed by atoms with E-state index < -0.39 is 17.3 Å². The van der Waals surface area contributed by atoms with E-state index >= 15 is 0 Å². The number of rotatable bonds is 4. The molecule has 0 radical (unpaired) electrons. The molecule has 0 unspecified atom stereocenters. The summed E-state index contributed by atoms with van der Waals surface area (Å²) < 4.78 is 43.0. The molecule has 0 aliphatic carbocycles. The van der Waals surface area contributed by atoms with Gasteiger partial charge in [-0.25, -0.2) is 5.48 Å². The van der Waals surface area contributed by atoms with Crippen LogP contribution in [0.4, 0.5) is 18.9 Å². The number of thioether (sulfide) groups is 1. The largest absolute Gasteiger partial charge is 0.482 e. The fraction of sp³-hybridized carbons (Fsp3) is 0.176. The highest BCUT2D eigenvalue weighted by Crippen LogP contribution is 2.38. The van der Waals surface area contributed by atoms with Gasteiger partial charge in [-0.2, -0.15) is 13.2 Å². The van der Waals surface area contributed by atoms with Crippen LogP contribution in [0.3, 0.4) is 0 Å². The highest BCUT2D eigenvalue weighted by Gasteiger charge is 2.30. The van der Waals surface area contributed by atoms with Crippen molar-refractivity contribution in [2.45, 2.75) is 16.9 Å². The van der Waals surface area contributed by atoms with Crippen LogP contribution in [0.2, 0.25) is 0 Å². The van der Waals surface area contributed by atoms with Crippen LogP contribution in [-0.4, -0.2) is 29.1 Å². The van der Waals surface area contributed by atoms with Crippen molar-refractivity contribution in [3.8, 4) is 5.75 Å². The number of anilines is 1. The topological polar surface area (TPSA) is 78.9 Å². The Balaban J connectivity index is 1.90. The number of fused-ring (bicyclic) bond motifs is 1. The van der Waals surface area contributed by atoms with Crippen molar-refractivity contribution in [3.05, 3.63) is 53.6 Å². The molecule has 2 amide bonds. The lowest BCUT2D eigenvalue weighted by Crippen LogP contribution is -2.38. The Kier molecular flexibility index (Phi) is 5.29. The lowest BCUT2D eigenvalue weighted by Gasteiger charge is -2.30. The Hall–Kier alpha value is -2.72. The average Bonchev–Trinajstić information content (AvgIpc) is 2.62. The summed E-state index contributed by atoms with van der Waals surface area (Å²) in [5.41, 5.74) is -2.03. The van der Waals surface area contributed by atoms with Crippen molar-refractivity contribution in [1.82, 2.24) is 5.48 Å². The van der Waals surface area contributed by atoms with Gasteiger partial charge in [0.15, 0.2) is 6.61 Å². The smallest absolute Gasteiger partial charge is 0.446 e. The molecule has 0 aromatic heterocycles. The molecule has 0 atom stereocenters. The zero-order valence-electron chi connectivity index (χ0n) is 13.6. The van der Waals surface area contributed by atoms with Gasteiger partial charge in [0.2, 0.25) is 0 Å². The number of halogens is 3. The van der Waals surface area contributed by atoms with Gasteiger partial charge in [-0.3, -0.25) is 14.8 Å². The molecule has 0 bridgehead atoms. The summed E-state index contributed by atoms with van der Waals surface area (Å²) in [7, 11) is 0. The van der Waals surface area contributed by atoms with E-state index in [0.29, 0.717) is 17.0 Å². The van der Waals surface area contributed by atoms with E-state index in [1.807, 2.05) is 0 Å². The SMILES string of the molecule is O=C(NO)c1ccc2c(c1)N(Cc1cccc(SC(F)(F)F)c1)C(=O)CO2. The van der Waals surface area contributed by atoms with Crippen LogP contribution in [-0.2, 0) is 11.3 Å². The van der Waals surface area contributed by atoms with Crippen molar-refractivity contribution >= 4 is 29.3 Å². The fourth-order valence-electron chi connectivity index (χ4n) is 2.60. The van der Waals surface area contributed by atoms with Crippen molar-refractivity contribution in [2.75, 3.05) is 11.5 Å². The normalized spacial score (nSPS) is 13.8. The number of hydroxylamine groups is 1. The molecule has 2 aromatic rings. The van der Waals surface area contributed by atoms with Crippen LogP contribution in [0.25, 0.3) is 0 Å². The van der Waals surface area contributed by atoms with E-state index in [4.69, 9.17) is 9.94 Å². The Morgan fingerprint density at radius 1 is 1.26 bits per heavy atom. The van der Waals surface area contributed by atoms with E-state index in [-0.39, 0.29) is 35.4 Å². The number of carbonyl (C=O) groups is 2. The molecule has 27 heavy (non-hydrogen) atoms. The average molecular weight is 398 g/mol. The number of nitrogens with one attached hydrogen (secondary N) is 1. The second kappa shape index (κ2) is 7.49. The molecule has 0 fully saturated rings. The number of hydrogen-bond acceptors (Lipinski definition) is 5. The maximum absolute atomic E-state index is 12.6. The summed E-state index contributed by atoms with van der Waals surface area (Å²) in [5.74, 6) is -0.817. The molecule has 0 saturated heterocycles. The predicted molar refractivity (Wildman–Crippen MR) is 90.7 cm³/mol. The first kappa shape index (κ1) is 19.1. The van der Waals surface area contributed by atoms with Gasteiger partial charge >= 0.3 is 5.51 Å². The van der Waals surface area contributed by atoms with Gasteiger partial charge in [0.25, 0.3) is 11.8 Å². The third-order valence-electron chi connectivity index (χ3n) is 3.74. The van der Waals surface area contributed by atoms with Gasteiger partial charge in [0, 0.05) is 10.5 Å². The van der Waals surface area contributed by atoms with Crippen LogP contribution >= 0.6 is 11.8 Å². The standard InChI is InChI=1S/C17H13F3N2O4S/c18-17(19,20)27-12-3-1-2-10(6-12)8-22-13-7-11(16(24)21-25)4-5-14(13)26-9-15(22)23/h1-7,25H,8-9H2,(H,21,24). The highest BCUT2D eigenvalue weighted by molar-refractivity contribution is 8.00. The minimum atomic E-state index is -4.41. The molecule has 2 aromatic carbocycles. The first-order chi connectivity index (χ1) is 12.8. The maximum Gasteiger partial charge on any atom is 0.446 e. The number of carbonyl (C=O) groups excluding carboxylic acids is 2. The van der Waals surface area contributed by atoms with Crippen LogP contribution in [0.5, 0.6) is 5.75 Å². The second-order valence-electron chi connectivity index (χ2n) is 5.59. The van der Waals surface area contributed by atoms with Crippen LogP contribution in [0.15, 0.2) is 47.4 Å². The summed E-state index contributed by atoms with van der Waals surface area (Å²) in [5, 5.41) is 8.76. The molecule has 3 rings (SSSR count). The fourth-order valence-corrected chi connectivity index (χ4v) is 3.23. The molecule has 6 nitrogen and oxygen atoms in total. The third kappa shape index (κ3) is 4.52. The Morgan fingerprint density at radius 2 is 2.04 bits per heavy atom. The van der Waals surface area contributed by atoms with E-state index in [9.17, 15) is 22.8 Å². The number of benzene rings is 2. The lowest BCUT2D eigenvalue weighted by molar-refractivity contribution is -0.121. The molecule has 2 N–H and O–H groups in total. The van der Waals surface area contributed by atoms with E-state index in [2.05, 4.69) is 0 Å². The molecule has 1 aliphatic rings. The molecule has 10 heteroatoms. The Bertz CT molecular complexity index is 889. The zero-order chi connectivity index (χ0) is 19.6. The summed E-state index contributed by atoms with van der Waals surface area (Å²) >= 11 is -0.236. The number of amides is 2. The first-order valence-corrected chi connectivity index (χ1v) is 8.45. The predicted octanol–water partition coefficient (Wildman–Crippen LogP) is 3.34. The first-order valence-electron chi connectivity index (χ1n) is 7.63. The van der Waals surface area contributed by atoms with Crippen molar-refractivity contribution in [3.63, 3.8) is 0 Å². The van der Waals surface area contributed by atoms with Gasteiger partial charge in [-0.1, -0.05) is 12.1 Å². The highest BCUT2D eigenvalue weighted by atomic mass is 32.2. The maximum atomic E-state index is 12.6. The molecule has 0 saturated carbocycles. The monoisotopic (exact) mass is 398 g/mol. The number of ether oxygens (including phenoxy) is 1. The van der Waals surface area contributed by atoms with E-state index in [0.717, 1.165) is 0 Å². The lowest BCUT2D eigenvalue weighted by atomic mass is 10.1. The van der Waals surface area contributed by atoms with Crippen molar-refractivity contribution < 1.29 is 32.7 Å². The van der Waals surface area contributed by atoms with E-state index in [1.165, 1.54) is 46.8 Å². The molecule has 1 heterocycles. The minimum absolute atomic E-state index is 0.00560. The summed E-state index contributed by atoms with van der Waals surface area (Å²) in [4.78, 5) is 25.2. The molecule has 142 valence electrons. The number of hydrogen-bond donors (Lipinski definition) is 2.